The maximum Gasteiger partial charge on any atom is 0.00168 e. The molecule has 0 spiro atoms. The molecule has 0 N–H and O–H groups in total. The molecular formula is C20H42S. The fourth-order valence-corrected chi connectivity index (χ4v) is 3.36. The average molecular weight is 315 g/mol. The summed E-state index contributed by atoms with van der Waals surface area (Å²) in [4.78, 5) is 0. The molecule has 1 atom stereocenters. The van der Waals surface area contributed by atoms with Crippen LogP contribution in [-0.4, -0.2) is 5.25 Å². The molecule has 0 amide bonds. The average Bonchev–Trinajstić information content (AvgIpc) is 2.49. The third-order valence-electron chi connectivity index (χ3n) is 4.53. The molecule has 0 heterocycles. The van der Waals surface area contributed by atoms with Gasteiger partial charge in [-0.15, -0.1) is 0 Å². The van der Waals surface area contributed by atoms with Crippen molar-refractivity contribution in [3.8, 4) is 0 Å². The maximum atomic E-state index is 4.76. The van der Waals surface area contributed by atoms with Gasteiger partial charge in [-0.2, -0.15) is 12.6 Å². The Morgan fingerprint density at radius 3 is 1.10 bits per heavy atom. The summed E-state index contributed by atoms with van der Waals surface area (Å²) in [5.74, 6) is 0. The first-order valence-corrected chi connectivity index (χ1v) is 10.5. The molecule has 0 aromatic heterocycles. The first-order chi connectivity index (χ1) is 10.3. The van der Waals surface area contributed by atoms with Crippen molar-refractivity contribution in [3.63, 3.8) is 0 Å². The summed E-state index contributed by atoms with van der Waals surface area (Å²) in [5.41, 5.74) is 0. The Kier molecular flexibility index (Phi) is 18.7. The highest BCUT2D eigenvalue weighted by molar-refractivity contribution is 7.80. The second-order valence-corrected chi connectivity index (χ2v) is 7.56. The monoisotopic (exact) mass is 314 g/mol. The van der Waals surface area contributed by atoms with E-state index in [-0.39, 0.29) is 0 Å². The standard InChI is InChI=1S/C20H42S/c1-3-5-7-9-11-12-13-15-17-19-20(21)18-16-14-10-8-6-4-2/h20-21H,3-19H2,1-2H3. The molecule has 128 valence electrons. The van der Waals surface area contributed by atoms with E-state index in [0.29, 0.717) is 5.25 Å². The van der Waals surface area contributed by atoms with Gasteiger partial charge in [0, 0.05) is 5.25 Å². The van der Waals surface area contributed by atoms with E-state index < -0.39 is 0 Å². The molecule has 0 aromatic carbocycles. The third kappa shape index (κ3) is 18.3. The van der Waals surface area contributed by atoms with Gasteiger partial charge in [0.1, 0.15) is 0 Å². The molecule has 0 fully saturated rings. The lowest BCUT2D eigenvalue weighted by Gasteiger charge is -2.10. The van der Waals surface area contributed by atoms with E-state index >= 15 is 0 Å². The SMILES string of the molecule is CCCCCCCCCCCC(S)CCCCCCCC. The van der Waals surface area contributed by atoms with Crippen molar-refractivity contribution in [1.29, 1.82) is 0 Å². The minimum Gasteiger partial charge on any atom is -0.176 e. The Bertz CT molecular complexity index is 179. The Morgan fingerprint density at radius 1 is 0.476 bits per heavy atom. The van der Waals surface area contributed by atoms with Gasteiger partial charge in [-0.3, -0.25) is 0 Å². The van der Waals surface area contributed by atoms with Crippen LogP contribution in [0.4, 0.5) is 0 Å². The predicted molar refractivity (Wildman–Crippen MR) is 103 cm³/mol. The first kappa shape index (κ1) is 21.4. The summed E-state index contributed by atoms with van der Waals surface area (Å²) in [6, 6.07) is 0. The van der Waals surface area contributed by atoms with Crippen molar-refractivity contribution in [2.75, 3.05) is 0 Å². The van der Waals surface area contributed by atoms with E-state index in [0.717, 1.165) is 0 Å². The van der Waals surface area contributed by atoms with Crippen LogP contribution in [0.3, 0.4) is 0 Å². The highest BCUT2D eigenvalue weighted by Crippen LogP contribution is 2.18. The van der Waals surface area contributed by atoms with Gasteiger partial charge in [-0.05, 0) is 12.8 Å². The van der Waals surface area contributed by atoms with Crippen LogP contribution in [0, 0.1) is 0 Å². The van der Waals surface area contributed by atoms with Crippen LogP contribution >= 0.6 is 12.6 Å². The van der Waals surface area contributed by atoms with E-state index in [1.54, 1.807) is 0 Å². The van der Waals surface area contributed by atoms with Crippen molar-refractivity contribution >= 4 is 12.6 Å². The van der Waals surface area contributed by atoms with Gasteiger partial charge in [0.15, 0.2) is 0 Å². The van der Waals surface area contributed by atoms with Crippen LogP contribution in [0.1, 0.15) is 123 Å². The first-order valence-electron chi connectivity index (χ1n) is 9.99. The molecular weight excluding hydrogens is 272 g/mol. The fraction of sp³-hybridized carbons (Fsp3) is 1.00. The van der Waals surface area contributed by atoms with E-state index in [2.05, 4.69) is 13.8 Å². The summed E-state index contributed by atoms with van der Waals surface area (Å²) in [7, 11) is 0. The lowest BCUT2D eigenvalue weighted by atomic mass is 10.0. The van der Waals surface area contributed by atoms with Crippen LogP contribution in [0.5, 0.6) is 0 Å². The highest BCUT2D eigenvalue weighted by Gasteiger charge is 2.02. The molecule has 21 heavy (non-hydrogen) atoms. The summed E-state index contributed by atoms with van der Waals surface area (Å²) in [6.07, 6.45) is 24.1. The zero-order valence-electron chi connectivity index (χ0n) is 15.0. The topological polar surface area (TPSA) is 0 Å². The van der Waals surface area contributed by atoms with Crippen molar-refractivity contribution in [3.05, 3.63) is 0 Å². The van der Waals surface area contributed by atoms with Gasteiger partial charge in [0.2, 0.25) is 0 Å². The second-order valence-electron chi connectivity index (χ2n) is 6.83. The molecule has 1 unspecified atom stereocenters. The summed E-state index contributed by atoms with van der Waals surface area (Å²) >= 11 is 4.76. The smallest absolute Gasteiger partial charge is 0.00168 e. The molecule has 0 aliphatic heterocycles. The molecule has 0 aliphatic rings. The molecule has 1 heteroatoms. The number of unbranched alkanes of at least 4 members (excludes halogenated alkanes) is 13. The Balaban J connectivity index is 3.10. The van der Waals surface area contributed by atoms with E-state index in [1.165, 1.54) is 109 Å². The minimum absolute atomic E-state index is 0.667. The van der Waals surface area contributed by atoms with Gasteiger partial charge in [0.05, 0.1) is 0 Å². The summed E-state index contributed by atoms with van der Waals surface area (Å²) < 4.78 is 0. The number of thiol groups is 1. The van der Waals surface area contributed by atoms with E-state index in [9.17, 15) is 0 Å². The second kappa shape index (κ2) is 18.4. The maximum absolute atomic E-state index is 4.76. The Morgan fingerprint density at radius 2 is 0.762 bits per heavy atom. The number of hydrogen-bond acceptors (Lipinski definition) is 1. The van der Waals surface area contributed by atoms with Crippen LogP contribution in [0.25, 0.3) is 0 Å². The highest BCUT2D eigenvalue weighted by atomic mass is 32.1. The van der Waals surface area contributed by atoms with Gasteiger partial charge in [-0.1, -0.05) is 110 Å². The Labute approximate surface area is 141 Å². The fourth-order valence-electron chi connectivity index (χ4n) is 3.00. The predicted octanol–water partition coefficient (Wildman–Crippen LogP) is 7.96. The third-order valence-corrected chi connectivity index (χ3v) is 5.05. The zero-order valence-corrected chi connectivity index (χ0v) is 15.9. The lowest BCUT2D eigenvalue weighted by Crippen LogP contribution is -1.98. The summed E-state index contributed by atoms with van der Waals surface area (Å²) in [6.45, 7) is 4.58. The quantitative estimate of drug-likeness (QED) is 0.204. The van der Waals surface area contributed by atoms with Crippen LogP contribution in [-0.2, 0) is 0 Å². The van der Waals surface area contributed by atoms with Gasteiger partial charge < -0.3 is 0 Å². The molecule has 0 rings (SSSR count). The molecule has 0 nitrogen and oxygen atoms in total. The van der Waals surface area contributed by atoms with Gasteiger partial charge in [0.25, 0.3) is 0 Å². The van der Waals surface area contributed by atoms with Gasteiger partial charge in [-0.25, -0.2) is 0 Å². The molecule has 0 bridgehead atoms. The summed E-state index contributed by atoms with van der Waals surface area (Å²) in [5, 5.41) is 0.667. The number of hydrogen-bond donors (Lipinski definition) is 1. The molecule has 0 aliphatic carbocycles. The molecule has 0 radical (unpaired) electrons. The molecule has 0 saturated heterocycles. The largest absolute Gasteiger partial charge is 0.176 e. The van der Waals surface area contributed by atoms with Crippen LogP contribution < -0.4 is 0 Å². The van der Waals surface area contributed by atoms with E-state index in [4.69, 9.17) is 12.6 Å². The normalized spacial score (nSPS) is 12.7. The molecule has 0 saturated carbocycles. The zero-order chi connectivity index (χ0) is 15.6. The van der Waals surface area contributed by atoms with Gasteiger partial charge >= 0.3 is 0 Å². The van der Waals surface area contributed by atoms with Crippen molar-refractivity contribution in [1.82, 2.24) is 0 Å². The lowest BCUT2D eigenvalue weighted by molar-refractivity contribution is 0.533. The van der Waals surface area contributed by atoms with Crippen molar-refractivity contribution in [2.24, 2.45) is 0 Å². The number of rotatable bonds is 17. The van der Waals surface area contributed by atoms with E-state index in [1.807, 2.05) is 0 Å². The van der Waals surface area contributed by atoms with Crippen LogP contribution in [0.15, 0.2) is 0 Å². The molecule has 0 aromatic rings. The van der Waals surface area contributed by atoms with Crippen molar-refractivity contribution in [2.45, 2.75) is 128 Å². The van der Waals surface area contributed by atoms with Crippen LogP contribution in [0.2, 0.25) is 0 Å². The van der Waals surface area contributed by atoms with Crippen molar-refractivity contribution < 1.29 is 0 Å². The minimum atomic E-state index is 0.667. The Hall–Kier alpha value is 0.350.